The molecule has 0 aromatic heterocycles. The van der Waals surface area contributed by atoms with E-state index < -0.39 is 11.9 Å². The number of rotatable bonds is 6. The van der Waals surface area contributed by atoms with Crippen molar-refractivity contribution in [2.45, 2.75) is 20.4 Å². The van der Waals surface area contributed by atoms with Gasteiger partial charge in [0.1, 0.15) is 0 Å². The fourth-order valence-electron chi connectivity index (χ4n) is 2.66. The molecule has 1 atom stereocenters. The maximum absolute atomic E-state index is 12.1. The number of nitrogens with one attached hydrogen (secondary N) is 1. The molecule has 0 spiro atoms. The molecule has 132 valence electrons. The first kappa shape index (κ1) is 18.5. The fourth-order valence-corrected chi connectivity index (χ4v) is 2.66. The minimum Gasteiger partial charge on any atom is -0.481 e. The van der Waals surface area contributed by atoms with Crippen molar-refractivity contribution >= 4 is 12.0 Å². The third-order valence-electron chi connectivity index (χ3n) is 4.14. The molecule has 2 amide bonds. The SMILES string of the molecule is Cc1cc(CNC(=O)N(C)CC(C)C(=O)O)ccc1-c1ccccc1. The van der Waals surface area contributed by atoms with Gasteiger partial charge in [-0.2, -0.15) is 0 Å². The van der Waals surface area contributed by atoms with Crippen molar-refractivity contribution < 1.29 is 14.7 Å². The van der Waals surface area contributed by atoms with Crippen LogP contribution in [0.2, 0.25) is 0 Å². The molecule has 0 radical (unpaired) electrons. The highest BCUT2D eigenvalue weighted by Gasteiger charge is 2.17. The first-order valence-electron chi connectivity index (χ1n) is 8.25. The number of hydrogen-bond acceptors (Lipinski definition) is 2. The number of urea groups is 1. The zero-order valence-electron chi connectivity index (χ0n) is 14.8. The van der Waals surface area contributed by atoms with Crippen LogP contribution in [0.1, 0.15) is 18.1 Å². The second-order valence-corrected chi connectivity index (χ2v) is 6.29. The van der Waals surface area contributed by atoms with E-state index in [9.17, 15) is 9.59 Å². The van der Waals surface area contributed by atoms with E-state index in [0.717, 1.165) is 16.7 Å². The van der Waals surface area contributed by atoms with Crippen molar-refractivity contribution in [3.05, 3.63) is 59.7 Å². The van der Waals surface area contributed by atoms with Gasteiger partial charge in [0.2, 0.25) is 0 Å². The highest BCUT2D eigenvalue weighted by Crippen LogP contribution is 2.23. The lowest BCUT2D eigenvalue weighted by molar-refractivity contribution is -0.141. The van der Waals surface area contributed by atoms with Gasteiger partial charge in [-0.15, -0.1) is 0 Å². The van der Waals surface area contributed by atoms with Crippen LogP contribution < -0.4 is 5.32 Å². The van der Waals surface area contributed by atoms with E-state index in [2.05, 4.69) is 29.6 Å². The Kier molecular flexibility index (Phi) is 6.17. The summed E-state index contributed by atoms with van der Waals surface area (Å²) >= 11 is 0. The Morgan fingerprint density at radius 1 is 1.16 bits per heavy atom. The third kappa shape index (κ3) is 5.08. The van der Waals surface area contributed by atoms with Gasteiger partial charge in [0.25, 0.3) is 0 Å². The molecule has 0 saturated carbocycles. The highest BCUT2D eigenvalue weighted by atomic mass is 16.4. The van der Waals surface area contributed by atoms with Crippen LogP contribution in [0.4, 0.5) is 4.79 Å². The van der Waals surface area contributed by atoms with Crippen LogP contribution >= 0.6 is 0 Å². The van der Waals surface area contributed by atoms with Crippen LogP contribution in [0.25, 0.3) is 11.1 Å². The number of carbonyl (C=O) groups excluding carboxylic acids is 1. The van der Waals surface area contributed by atoms with Gasteiger partial charge in [-0.1, -0.05) is 55.5 Å². The highest BCUT2D eigenvalue weighted by molar-refractivity contribution is 5.75. The van der Waals surface area contributed by atoms with E-state index in [0.29, 0.717) is 6.54 Å². The standard InChI is InChI=1S/C20H24N2O3/c1-14-11-16(9-10-18(14)17-7-5-4-6-8-17)12-21-20(25)22(3)13-15(2)19(23)24/h4-11,15H,12-13H2,1-3H3,(H,21,25)(H,23,24). The van der Waals surface area contributed by atoms with E-state index in [1.807, 2.05) is 31.2 Å². The summed E-state index contributed by atoms with van der Waals surface area (Å²) in [6.45, 7) is 4.21. The van der Waals surface area contributed by atoms with Gasteiger partial charge in [0.15, 0.2) is 0 Å². The lowest BCUT2D eigenvalue weighted by atomic mass is 9.98. The Labute approximate surface area is 148 Å². The quantitative estimate of drug-likeness (QED) is 0.845. The summed E-state index contributed by atoms with van der Waals surface area (Å²) in [6, 6.07) is 16.0. The van der Waals surface area contributed by atoms with Crippen LogP contribution in [0.5, 0.6) is 0 Å². The molecule has 5 heteroatoms. The minimum atomic E-state index is -0.910. The van der Waals surface area contributed by atoms with Crippen LogP contribution in [0.3, 0.4) is 0 Å². The summed E-state index contributed by atoms with van der Waals surface area (Å²) in [7, 11) is 1.60. The van der Waals surface area contributed by atoms with Crippen molar-refractivity contribution in [2.24, 2.45) is 5.92 Å². The van der Waals surface area contributed by atoms with Gasteiger partial charge in [0, 0.05) is 20.1 Å². The number of amides is 2. The van der Waals surface area contributed by atoms with Gasteiger partial charge < -0.3 is 15.3 Å². The fraction of sp³-hybridized carbons (Fsp3) is 0.300. The molecule has 25 heavy (non-hydrogen) atoms. The van der Waals surface area contributed by atoms with Crippen LogP contribution in [0.15, 0.2) is 48.5 Å². The van der Waals surface area contributed by atoms with Crippen LogP contribution in [0, 0.1) is 12.8 Å². The van der Waals surface area contributed by atoms with Gasteiger partial charge >= 0.3 is 12.0 Å². The Hall–Kier alpha value is -2.82. The number of benzene rings is 2. The summed E-state index contributed by atoms with van der Waals surface area (Å²) in [6.07, 6.45) is 0. The predicted octanol–water partition coefficient (Wildman–Crippen LogP) is 3.52. The smallest absolute Gasteiger partial charge is 0.317 e. The molecule has 1 unspecified atom stereocenters. The Balaban J connectivity index is 1.96. The van der Waals surface area contributed by atoms with E-state index in [1.165, 1.54) is 10.5 Å². The average Bonchev–Trinajstić information content (AvgIpc) is 2.60. The van der Waals surface area contributed by atoms with Gasteiger partial charge in [0.05, 0.1) is 5.92 Å². The second-order valence-electron chi connectivity index (χ2n) is 6.29. The molecule has 0 saturated heterocycles. The first-order valence-corrected chi connectivity index (χ1v) is 8.25. The van der Waals surface area contributed by atoms with Gasteiger partial charge in [-0.05, 0) is 29.2 Å². The summed E-state index contributed by atoms with van der Waals surface area (Å²) in [5.41, 5.74) is 4.48. The van der Waals surface area contributed by atoms with E-state index in [-0.39, 0.29) is 12.6 Å². The Bertz CT molecular complexity index is 744. The number of carboxylic acids is 1. The van der Waals surface area contributed by atoms with Crippen LogP contribution in [-0.4, -0.2) is 35.6 Å². The minimum absolute atomic E-state index is 0.174. The molecular formula is C20H24N2O3. The molecule has 0 aliphatic rings. The largest absolute Gasteiger partial charge is 0.481 e. The third-order valence-corrected chi connectivity index (χ3v) is 4.14. The van der Waals surface area contributed by atoms with Crippen molar-refractivity contribution in [1.82, 2.24) is 10.2 Å². The lowest BCUT2D eigenvalue weighted by Gasteiger charge is -2.20. The number of carboxylic acid groups (broad SMARTS) is 1. The van der Waals surface area contributed by atoms with Crippen molar-refractivity contribution in [2.75, 3.05) is 13.6 Å². The molecule has 2 aromatic rings. The number of nitrogens with zero attached hydrogens (tertiary/aromatic N) is 1. The molecule has 0 aliphatic carbocycles. The average molecular weight is 340 g/mol. The number of carbonyl (C=O) groups is 2. The van der Waals surface area contributed by atoms with Crippen molar-refractivity contribution in [1.29, 1.82) is 0 Å². The first-order chi connectivity index (χ1) is 11.9. The van der Waals surface area contributed by atoms with Gasteiger partial charge in [-0.25, -0.2) is 4.79 Å². The van der Waals surface area contributed by atoms with Crippen molar-refractivity contribution in [3.8, 4) is 11.1 Å². The van der Waals surface area contributed by atoms with Gasteiger partial charge in [-0.3, -0.25) is 4.79 Å². The monoisotopic (exact) mass is 340 g/mol. The Morgan fingerprint density at radius 2 is 1.84 bits per heavy atom. The van der Waals surface area contributed by atoms with E-state index in [4.69, 9.17) is 5.11 Å². The number of aryl methyl sites for hydroxylation is 1. The number of aliphatic carboxylic acids is 1. The predicted molar refractivity (Wildman–Crippen MR) is 98.3 cm³/mol. The summed E-state index contributed by atoms with van der Waals surface area (Å²) < 4.78 is 0. The molecule has 2 N–H and O–H groups in total. The lowest BCUT2D eigenvalue weighted by Crippen LogP contribution is -2.40. The molecule has 0 aliphatic heterocycles. The second kappa shape index (κ2) is 8.33. The topological polar surface area (TPSA) is 69.6 Å². The molecule has 0 heterocycles. The molecule has 2 aromatic carbocycles. The number of hydrogen-bond donors (Lipinski definition) is 2. The summed E-state index contributed by atoms with van der Waals surface area (Å²) in [4.78, 5) is 24.3. The van der Waals surface area contributed by atoms with E-state index >= 15 is 0 Å². The maximum Gasteiger partial charge on any atom is 0.317 e. The van der Waals surface area contributed by atoms with Crippen LogP contribution in [-0.2, 0) is 11.3 Å². The zero-order valence-corrected chi connectivity index (χ0v) is 14.8. The molecule has 5 nitrogen and oxygen atoms in total. The molecule has 0 bridgehead atoms. The molecule has 0 fully saturated rings. The summed E-state index contributed by atoms with van der Waals surface area (Å²) in [5, 5.41) is 11.7. The molecule has 2 rings (SSSR count). The zero-order chi connectivity index (χ0) is 18.4. The van der Waals surface area contributed by atoms with E-state index in [1.54, 1.807) is 14.0 Å². The molecular weight excluding hydrogens is 316 g/mol. The maximum atomic E-state index is 12.1. The normalized spacial score (nSPS) is 11.6. The summed E-state index contributed by atoms with van der Waals surface area (Å²) in [5.74, 6) is -1.50. The van der Waals surface area contributed by atoms with Crippen molar-refractivity contribution in [3.63, 3.8) is 0 Å². The Morgan fingerprint density at radius 3 is 2.44 bits per heavy atom.